The van der Waals surface area contributed by atoms with E-state index in [0.29, 0.717) is 34.8 Å². The van der Waals surface area contributed by atoms with Crippen molar-refractivity contribution in [3.8, 4) is 11.5 Å². The number of unbranched alkanes of at least 4 members (excludes halogenated alkanes) is 2. The van der Waals surface area contributed by atoms with Crippen LogP contribution in [0.1, 0.15) is 70.6 Å². The van der Waals surface area contributed by atoms with Gasteiger partial charge in [0, 0.05) is 61.7 Å². The molecule has 0 aliphatic carbocycles. The highest BCUT2D eigenvalue weighted by molar-refractivity contribution is 6.07. The fourth-order valence-corrected chi connectivity index (χ4v) is 6.15. The van der Waals surface area contributed by atoms with E-state index in [1.165, 1.54) is 31.3 Å². The maximum Gasteiger partial charge on any atom is 0.433 e. The number of alkyl halides is 3. The van der Waals surface area contributed by atoms with E-state index < -0.39 is 29.5 Å². The zero-order chi connectivity index (χ0) is 38.8. The number of nitrogens with one attached hydrogen (secondary N) is 3. The summed E-state index contributed by atoms with van der Waals surface area (Å²) < 4.78 is 50.0. The number of nitrogen functional groups attached to an aromatic ring is 1. The standard InChI is InChI=1S/C37H43F3N8O6/c1-53-30-10-9-23(20-29(30)48-18-13-33(49)46-36(48)52)34(50)42-14-4-3-5-15-47-16-11-25(12-17-47)43-22-24-19-28(31(54-2)21-26(24)41)45-35(51)27-7-6-8-32(44-27)37(38,39)40/h6-10,19-22,25H,3-5,11-18,41H2,1-2H3,(H,42,50)(H,45,51)(H,46,49,52). The van der Waals surface area contributed by atoms with E-state index in [-0.39, 0.29) is 42.3 Å². The molecule has 5 amide bonds. The van der Waals surface area contributed by atoms with Crippen molar-refractivity contribution >= 4 is 47.0 Å². The molecule has 0 radical (unpaired) electrons. The van der Waals surface area contributed by atoms with E-state index in [2.05, 4.69) is 25.8 Å². The molecule has 2 aromatic carbocycles. The summed E-state index contributed by atoms with van der Waals surface area (Å²) in [6.45, 7) is 3.34. The van der Waals surface area contributed by atoms with Gasteiger partial charge in [-0.2, -0.15) is 13.2 Å². The number of aliphatic imine (C=N–C) groups is 1. The fraction of sp³-hybridized carbons (Fsp3) is 0.405. The first-order valence-electron chi connectivity index (χ1n) is 17.5. The first-order valence-corrected chi connectivity index (χ1v) is 17.5. The number of nitrogens with zero attached hydrogens (tertiary/aromatic N) is 4. The van der Waals surface area contributed by atoms with E-state index in [4.69, 9.17) is 20.2 Å². The van der Waals surface area contributed by atoms with Crippen LogP contribution in [0.25, 0.3) is 0 Å². The predicted octanol–water partition coefficient (Wildman–Crippen LogP) is 4.88. The van der Waals surface area contributed by atoms with Gasteiger partial charge in [0.05, 0.1) is 31.6 Å². The second-order valence-electron chi connectivity index (χ2n) is 12.9. The van der Waals surface area contributed by atoms with Crippen molar-refractivity contribution in [1.29, 1.82) is 0 Å². The number of aromatic nitrogens is 1. The number of likely N-dealkylation sites (tertiary alicyclic amines) is 1. The van der Waals surface area contributed by atoms with Crippen molar-refractivity contribution in [2.24, 2.45) is 4.99 Å². The smallest absolute Gasteiger partial charge is 0.433 e. The Morgan fingerprint density at radius 3 is 2.46 bits per heavy atom. The van der Waals surface area contributed by atoms with Gasteiger partial charge in [0.15, 0.2) is 0 Å². The number of methoxy groups -OCH3 is 2. The number of hydrogen-bond donors (Lipinski definition) is 4. The van der Waals surface area contributed by atoms with Gasteiger partial charge in [-0.15, -0.1) is 0 Å². The molecule has 5 rings (SSSR count). The minimum absolute atomic E-state index is 0.0653. The van der Waals surface area contributed by atoms with E-state index in [9.17, 15) is 32.3 Å². The molecule has 2 aliphatic heterocycles. The van der Waals surface area contributed by atoms with Gasteiger partial charge in [0.1, 0.15) is 22.9 Å². The van der Waals surface area contributed by atoms with Crippen LogP contribution in [0.2, 0.25) is 0 Å². The summed E-state index contributed by atoms with van der Waals surface area (Å²) in [4.78, 5) is 61.5. The normalized spacial score (nSPS) is 15.6. The van der Waals surface area contributed by atoms with Crippen LogP contribution in [0.3, 0.4) is 0 Å². The molecule has 2 aliphatic rings. The minimum atomic E-state index is -4.69. The largest absolute Gasteiger partial charge is 0.495 e. The lowest BCUT2D eigenvalue weighted by Crippen LogP contribution is -2.49. The zero-order valence-corrected chi connectivity index (χ0v) is 30.0. The van der Waals surface area contributed by atoms with Gasteiger partial charge in [-0.25, -0.2) is 9.78 Å². The number of halogens is 3. The van der Waals surface area contributed by atoms with Crippen molar-refractivity contribution in [2.45, 2.75) is 50.7 Å². The number of piperidine rings is 1. The lowest BCUT2D eigenvalue weighted by molar-refractivity contribution is -0.141. The predicted molar refractivity (Wildman–Crippen MR) is 196 cm³/mol. The molecule has 5 N–H and O–H groups in total. The van der Waals surface area contributed by atoms with E-state index in [1.807, 2.05) is 0 Å². The summed E-state index contributed by atoms with van der Waals surface area (Å²) in [5.74, 6) is -0.792. The molecule has 1 aromatic heterocycles. The summed E-state index contributed by atoms with van der Waals surface area (Å²) in [5.41, 5.74) is 6.55. The molecule has 0 spiro atoms. The molecule has 2 fully saturated rings. The third kappa shape index (κ3) is 10.2. The molecule has 0 unspecified atom stereocenters. The lowest BCUT2D eigenvalue weighted by atomic mass is 10.0. The number of ether oxygens (including phenoxy) is 2. The zero-order valence-electron chi connectivity index (χ0n) is 30.0. The van der Waals surface area contributed by atoms with Gasteiger partial charge in [-0.3, -0.25) is 29.6 Å². The summed E-state index contributed by atoms with van der Waals surface area (Å²) in [6.07, 6.45) is 1.47. The van der Waals surface area contributed by atoms with Crippen LogP contribution in [-0.2, 0) is 11.0 Å². The Balaban J connectivity index is 1.04. The maximum atomic E-state index is 13.1. The fourth-order valence-electron chi connectivity index (χ4n) is 6.15. The van der Waals surface area contributed by atoms with Crippen LogP contribution in [0, 0.1) is 0 Å². The Labute approximate surface area is 310 Å². The molecular weight excluding hydrogens is 709 g/mol. The number of hydrogen-bond acceptors (Lipinski definition) is 10. The van der Waals surface area contributed by atoms with Crippen LogP contribution in [0.5, 0.6) is 11.5 Å². The molecule has 54 heavy (non-hydrogen) atoms. The van der Waals surface area contributed by atoms with E-state index in [0.717, 1.165) is 63.9 Å². The molecule has 2 saturated heterocycles. The summed E-state index contributed by atoms with van der Waals surface area (Å²) in [7, 11) is 2.86. The number of anilines is 3. The molecule has 0 bridgehead atoms. The number of pyridine rings is 1. The van der Waals surface area contributed by atoms with Gasteiger partial charge in [0.25, 0.3) is 11.8 Å². The highest BCUT2D eigenvalue weighted by Crippen LogP contribution is 2.32. The topological polar surface area (TPSA) is 181 Å². The molecule has 0 saturated carbocycles. The van der Waals surface area contributed by atoms with Crippen LogP contribution in [0.15, 0.2) is 53.5 Å². The Morgan fingerprint density at radius 2 is 1.76 bits per heavy atom. The molecular formula is C37H43F3N8O6. The molecule has 14 nitrogen and oxygen atoms in total. The van der Waals surface area contributed by atoms with Crippen molar-refractivity contribution in [3.05, 3.63) is 71.0 Å². The van der Waals surface area contributed by atoms with E-state index >= 15 is 0 Å². The van der Waals surface area contributed by atoms with Crippen molar-refractivity contribution in [1.82, 2.24) is 20.5 Å². The highest BCUT2D eigenvalue weighted by atomic mass is 19.4. The summed E-state index contributed by atoms with van der Waals surface area (Å²) in [6, 6.07) is 10.5. The quantitative estimate of drug-likeness (QED) is 0.101. The SMILES string of the molecule is COc1cc(N)c(C=NC2CCN(CCCCCNC(=O)c3ccc(OC)c(N4CCC(=O)NC4=O)c3)CC2)cc1NC(=O)c1cccc(C(F)(F)F)n1. The highest BCUT2D eigenvalue weighted by Gasteiger charge is 2.33. The van der Waals surface area contributed by atoms with Gasteiger partial charge in [-0.05, 0) is 68.6 Å². The maximum absolute atomic E-state index is 13.1. The Bertz CT molecular complexity index is 1880. The number of urea groups is 1. The van der Waals surface area contributed by atoms with Gasteiger partial charge >= 0.3 is 12.2 Å². The number of nitrogens with two attached hydrogens (primary N) is 1. The molecule has 3 aromatic rings. The second-order valence-corrected chi connectivity index (χ2v) is 12.9. The third-order valence-corrected chi connectivity index (χ3v) is 9.13. The summed E-state index contributed by atoms with van der Waals surface area (Å²) in [5, 5.41) is 7.78. The second kappa shape index (κ2) is 17.9. The Morgan fingerprint density at radius 1 is 1.00 bits per heavy atom. The Kier molecular flexibility index (Phi) is 13.1. The number of amides is 5. The summed E-state index contributed by atoms with van der Waals surface area (Å²) >= 11 is 0. The van der Waals surface area contributed by atoms with Crippen LogP contribution in [-0.4, -0.2) is 92.8 Å². The Hall–Kier alpha value is -5.71. The molecule has 288 valence electrons. The lowest BCUT2D eigenvalue weighted by Gasteiger charge is -2.30. The van der Waals surface area contributed by atoms with Crippen LogP contribution >= 0.6 is 0 Å². The van der Waals surface area contributed by atoms with E-state index in [1.54, 1.807) is 30.5 Å². The number of rotatable bonds is 14. The number of carbonyl (C=O) groups excluding carboxylic acids is 4. The molecule has 17 heteroatoms. The van der Waals surface area contributed by atoms with Gasteiger partial charge in [-0.1, -0.05) is 12.5 Å². The molecule has 3 heterocycles. The van der Waals surface area contributed by atoms with Crippen molar-refractivity contribution in [2.75, 3.05) is 62.9 Å². The monoisotopic (exact) mass is 752 g/mol. The first kappa shape index (κ1) is 39.5. The number of carbonyl (C=O) groups is 4. The molecule has 0 atom stereocenters. The third-order valence-electron chi connectivity index (χ3n) is 9.13. The van der Waals surface area contributed by atoms with Gasteiger partial charge in [0.2, 0.25) is 5.91 Å². The number of imide groups is 1. The van der Waals surface area contributed by atoms with Crippen molar-refractivity contribution in [3.63, 3.8) is 0 Å². The average molecular weight is 753 g/mol. The van der Waals surface area contributed by atoms with Crippen LogP contribution < -0.4 is 36.1 Å². The van der Waals surface area contributed by atoms with Gasteiger partial charge < -0.3 is 30.7 Å². The number of benzene rings is 2. The van der Waals surface area contributed by atoms with Crippen molar-refractivity contribution < 1.29 is 41.8 Å². The minimum Gasteiger partial charge on any atom is -0.495 e. The first-order chi connectivity index (χ1) is 25.9. The van der Waals surface area contributed by atoms with Crippen LogP contribution in [0.4, 0.5) is 35.0 Å². The average Bonchev–Trinajstić information content (AvgIpc) is 3.16.